The molecule has 2 heterocycles. The summed E-state index contributed by atoms with van der Waals surface area (Å²) in [5.74, 6) is 0.0501. The second kappa shape index (κ2) is 7.77. The lowest BCUT2D eigenvalue weighted by atomic mass is 10.1. The van der Waals surface area contributed by atoms with Gasteiger partial charge in [-0.1, -0.05) is 43.8 Å². The highest BCUT2D eigenvalue weighted by Gasteiger charge is 2.43. The SMILES string of the molecule is CC(C)C1N(C(=O)CSc2cn[nH]n2)CCN1S(=O)(=O)c1ccccc1. The van der Waals surface area contributed by atoms with Crippen LogP contribution < -0.4 is 0 Å². The molecule has 3 rings (SSSR count). The Morgan fingerprint density at radius 1 is 1.31 bits per heavy atom. The molecule has 140 valence electrons. The van der Waals surface area contributed by atoms with Crippen LogP contribution >= 0.6 is 11.8 Å². The van der Waals surface area contributed by atoms with Crippen molar-refractivity contribution in [1.82, 2.24) is 24.6 Å². The zero-order valence-electron chi connectivity index (χ0n) is 14.6. The Morgan fingerprint density at radius 2 is 2.04 bits per heavy atom. The molecular weight excluding hydrogens is 374 g/mol. The number of rotatable bonds is 6. The summed E-state index contributed by atoms with van der Waals surface area (Å²) in [6, 6.07) is 8.34. The van der Waals surface area contributed by atoms with E-state index in [4.69, 9.17) is 0 Å². The second-order valence-corrected chi connectivity index (χ2v) is 9.16. The summed E-state index contributed by atoms with van der Waals surface area (Å²) in [4.78, 5) is 14.6. The normalized spacial score (nSPS) is 18.6. The van der Waals surface area contributed by atoms with E-state index in [1.54, 1.807) is 41.4 Å². The van der Waals surface area contributed by atoms with Gasteiger partial charge in [-0.15, -0.1) is 5.10 Å². The summed E-state index contributed by atoms with van der Waals surface area (Å²) in [6.45, 7) is 4.52. The van der Waals surface area contributed by atoms with Gasteiger partial charge in [0.25, 0.3) is 0 Å². The van der Waals surface area contributed by atoms with Gasteiger partial charge in [0.2, 0.25) is 15.9 Å². The molecule has 26 heavy (non-hydrogen) atoms. The van der Waals surface area contributed by atoms with Crippen LogP contribution in [0.1, 0.15) is 13.8 Å². The van der Waals surface area contributed by atoms with E-state index in [0.29, 0.717) is 18.1 Å². The molecule has 0 bridgehead atoms. The molecule has 2 aromatic rings. The number of thioether (sulfide) groups is 1. The van der Waals surface area contributed by atoms with Gasteiger partial charge in [0.1, 0.15) is 11.2 Å². The molecule has 1 aromatic heterocycles. The van der Waals surface area contributed by atoms with Crippen molar-refractivity contribution in [3.63, 3.8) is 0 Å². The van der Waals surface area contributed by atoms with Crippen molar-refractivity contribution in [2.45, 2.75) is 29.9 Å². The highest BCUT2D eigenvalue weighted by molar-refractivity contribution is 7.99. The molecule has 0 radical (unpaired) electrons. The van der Waals surface area contributed by atoms with Crippen molar-refractivity contribution in [3.05, 3.63) is 36.5 Å². The molecule has 0 saturated carbocycles. The van der Waals surface area contributed by atoms with E-state index in [1.807, 2.05) is 13.8 Å². The van der Waals surface area contributed by atoms with Gasteiger partial charge in [-0.05, 0) is 18.1 Å². The summed E-state index contributed by atoms with van der Waals surface area (Å²) < 4.78 is 27.5. The second-order valence-electron chi connectivity index (χ2n) is 6.27. The van der Waals surface area contributed by atoms with E-state index in [0.717, 1.165) is 0 Å². The van der Waals surface area contributed by atoms with Crippen LogP contribution in [0.15, 0.2) is 46.5 Å². The van der Waals surface area contributed by atoms with Crippen LogP contribution in [0.25, 0.3) is 0 Å². The molecule has 10 heteroatoms. The first-order valence-electron chi connectivity index (χ1n) is 8.26. The number of carbonyl (C=O) groups excluding carboxylic acids is 1. The summed E-state index contributed by atoms with van der Waals surface area (Å²) in [5.41, 5.74) is 0. The molecule has 1 atom stereocenters. The minimum Gasteiger partial charge on any atom is -0.324 e. The van der Waals surface area contributed by atoms with Gasteiger partial charge in [-0.3, -0.25) is 4.79 Å². The van der Waals surface area contributed by atoms with Crippen LogP contribution in [0.2, 0.25) is 0 Å². The fourth-order valence-electron chi connectivity index (χ4n) is 3.06. The Labute approximate surface area is 157 Å². The van der Waals surface area contributed by atoms with Crippen LogP contribution in [-0.4, -0.2) is 63.9 Å². The van der Waals surface area contributed by atoms with Crippen molar-refractivity contribution >= 4 is 27.7 Å². The zero-order valence-corrected chi connectivity index (χ0v) is 16.2. The molecule has 8 nitrogen and oxygen atoms in total. The Kier molecular flexibility index (Phi) is 5.64. The lowest BCUT2D eigenvalue weighted by Crippen LogP contribution is -2.48. The number of nitrogens with one attached hydrogen (secondary N) is 1. The number of benzene rings is 1. The average Bonchev–Trinajstić information content (AvgIpc) is 3.30. The van der Waals surface area contributed by atoms with Gasteiger partial charge in [0.15, 0.2) is 0 Å². The number of carbonyl (C=O) groups is 1. The summed E-state index contributed by atoms with van der Waals surface area (Å²) in [6.07, 6.45) is 1.05. The van der Waals surface area contributed by atoms with E-state index in [1.165, 1.54) is 16.1 Å². The minimum absolute atomic E-state index is 0.0306. The van der Waals surface area contributed by atoms with Gasteiger partial charge in [-0.2, -0.15) is 14.6 Å². The third-order valence-electron chi connectivity index (χ3n) is 4.18. The first-order chi connectivity index (χ1) is 12.4. The molecular formula is C16H21N5O3S2. The Morgan fingerprint density at radius 3 is 2.65 bits per heavy atom. The van der Waals surface area contributed by atoms with E-state index in [2.05, 4.69) is 15.4 Å². The Bertz CT molecular complexity index is 840. The predicted octanol–water partition coefficient (Wildman–Crippen LogP) is 1.41. The third kappa shape index (κ3) is 3.76. The molecule has 1 aromatic carbocycles. The molecule has 1 aliphatic heterocycles. The Hall–Kier alpha value is -1.91. The first-order valence-corrected chi connectivity index (χ1v) is 10.7. The number of amides is 1. The van der Waals surface area contributed by atoms with Crippen molar-refractivity contribution in [2.75, 3.05) is 18.8 Å². The number of nitrogens with zero attached hydrogens (tertiary/aromatic N) is 4. The molecule has 1 N–H and O–H groups in total. The highest BCUT2D eigenvalue weighted by atomic mass is 32.2. The van der Waals surface area contributed by atoms with Crippen molar-refractivity contribution in [1.29, 1.82) is 0 Å². The number of H-pyrrole nitrogens is 1. The monoisotopic (exact) mass is 395 g/mol. The molecule has 1 amide bonds. The van der Waals surface area contributed by atoms with E-state index < -0.39 is 16.2 Å². The van der Waals surface area contributed by atoms with Gasteiger partial charge in [0, 0.05) is 13.1 Å². The summed E-state index contributed by atoms with van der Waals surface area (Å²) in [5, 5.41) is 10.8. The Balaban J connectivity index is 1.78. The van der Waals surface area contributed by atoms with Crippen LogP contribution in [0.3, 0.4) is 0 Å². The number of sulfonamides is 1. The van der Waals surface area contributed by atoms with Crippen molar-refractivity contribution in [2.24, 2.45) is 5.92 Å². The number of hydrogen-bond acceptors (Lipinski definition) is 6. The molecule has 1 aliphatic rings. The molecule has 0 aliphatic carbocycles. The quantitative estimate of drug-likeness (QED) is 0.743. The zero-order chi connectivity index (χ0) is 18.7. The number of hydrogen-bond donors (Lipinski definition) is 1. The number of aromatic amines is 1. The lowest BCUT2D eigenvalue weighted by molar-refractivity contribution is -0.130. The van der Waals surface area contributed by atoms with Gasteiger partial charge in [-0.25, -0.2) is 8.42 Å². The third-order valence-corrected chi connectivity index (χ3v) is 6.95. The average molecular weight is 396 g/mol. The standard InChI is InChI=1S/C16H21N5O3S2/c1-12(2)16-20(15(22)11-25-14-10-17-19-18-14)8-9-21(16)26(23,24)13-6-4-3-5-7-13/h3-7,10,12,16H,8-9,11H2,1-2H3,(H,17,18,19). The van der Waals surface area contributed by atoms with Crippen LogP contribution in [0.5, 0.6) is 0 Å². The largest absolute Gasteiger partial charge is 0.324 e. The maximum atomic E-state index is 13.0. The van der Waals surface area contributed by atoms with Gasteiger partial charge in [0.05, 0.1) is 16.8 Å². The topological polar surface area (TPSA) is 99.3 Å². The molecule has 1 unspecified atom stereocenters. The van der Waals surface area contributed by atoms with Crippen molar-refractivity contribution in [3.8, 4) is 0 Å². The van der Waals surface area contributed by atoms with E-state index in [9.17, 15) is 13.2 Å². The van der Waals surface area contributed by atoms with E-state index >= 15 is 0 Å². The number of aromatic nitrogens is 3. The van der Waals surface area contributed by atoms with Crippen LogP contribution in [-0.2, 0) is 14.8 Å². The maximum Gasteiger partial charge on any atom is 0.244 e. The fraction of sp³-hybridized carbons (Fsp3) is 0.438. The smallest absolute Gasteiger partial charge is 0.244 e. The predicted molar refractivity (Wildman–Crippen MR) is 97.8 cm³/mol. The highest BCUT2D eigenvalue weighted by Crippen LogP contribution is 2.29. The summed E-state index contributed by atoms with van der Waals surface area (Å²) >= 11 is 1.28. The van der Waals surface area contributed by atoms with Crippen LogP contribution in [0, 0.1) is 5.92 Å². The van der Waals surface area contributed by atoms with E-state index in [-0.39, 0.29) is 22.5 Å². The fourth-order valence-corrected chi connectivity index (χ4v) is 5.47. The maximum absolute atomic E-state index is 13.0. The molecule has 0 spiro atoms. The van der Waals surface area contributed by atoms with Crippen molar-refractivity contribution < 1.29 is 13.2 Å². The minimum atomic E-state index is -3.65. The summed E-state index contributed by atoms with van der Waals surface area (Å²) in [7, 11) is -3.65. The lowest BCUT2D eigenvalue weighted by Gasteiger charge is -2.32. The van der Waals surface area contributed by atoms with Gasteiger partial charge < -0.3 is 4.90 Å². The molecule has 1 saturated heterocycles. The molecule has 1 fully saturated rings. The van der Waals surface area contributed by atoms with Gasteiger partial charge >= 0.3 is 0 Å². The first kappa shape index (κ1) is 18.9. The van der Waals surface area contributed by atoms with Crippen LogP contribution in [0.4, 0.5) is 0 Å².